The standard InChI is InChI=1S/C11H9NO3.C3H4O3/c13-10(11(14)15)6-8-5-7-3-1-2-4-9(7)12-8;1-2(4)3(5)6/h1-5,12H,6H2,(H,14,15);1H3,(H,5,6). The normalized spacial score (nSPS) is 9.57. The molecule has 110 valence electrons. The van der Waals surface area contributed by atoms with Gasteiger partial charge >= 0.3 is 11.9 Å². The average molecular weight is 291 g/mol. The van der Waals surface area contributed by atoms with E-state index in [0.29, 0.717) is 5.69 Å². The maximum absolute atomic E-state index is 11.0. The summed E-state index contributed by atoms with van der Waals surface area (Å²) in [5.41, 5.74) is 1.54. The number of carboxylic acid groups (broad SMARTS) is 2. The Kier molecular flexibility index (Phi) is 5.36. The number of fused-ring (bicyclic) bond motifs is 1. The second-order valence-electron chi connectivity index (χ2n) is 4.15. The first-order valence-corrected chi connectivity index (χ1v) is 5.88. The zero-order valence-corrected chi connectivity index (χ0v) is 11.1. The minimum absolute atomic E-state index is 0.0932. The van der Waals surface area contributed by atoms with Crippen molar-refractivity contribution in [3.63, 3.8) is 0 Å². The molecular weight excluding hydrogens is 278 g/mol. The molecule has 0 radical (unpaired) electrons. The van der Waals surface area contributed by atoms with Gasteiger partial charge in [-0.25, -0.2) is 9.59 Å². The molecule has 21 heavy (non-hydrogen) atoms. The SMILES string of the molecule is CC(=O)C(=O)O.O=C(O)C(=O)Cc1cc2ccccc2[nH]1. The molecule has 1 aromatic carbocycles. The lowest BCUT2D eigenvalue weighted by Gasteiger charge is -1.91. The summed E-state index contributed by atoms with van der Waals surface area (Å²) in [6, 6.07) is 9.33. The number of rotatable bonds is 4. The molecule has 0 fully saturated rings. The van der Waals surface area contributed by atoms with E-state index >= 15 is 0 Å². The summed E-state index contributed by atoms with van der Waals surface area (Å²) in [4.78, 5) is 43.2. The van der Waals surface area contributed by atoms with E-state index in [9.17, 15) is 19.2 Å². The number of carbonyl (C=O) groups is 4. The number of carbonyl (C=O) groups excluding carboxylic acids is 2. The smallest absolute Gasteiger partial charge is 0.372 e. The van der Waals surface area contributed by atoms with Crippen LogP contribution in [0.5, 0.6) is 0 Å². The van der Waals surface area contributed by atoms with Crippen molar-refractivity contribution < 1.29 is 29.4 Å². The summed E-state index contributed by atoms with van der Waals surface area (Å²) >= 11 is 0. The number of hydrogen-bond donors (Lipinski definition) is 3. The minimum atomic E-state index is -1.39. The zero-order valence-electron chi connectivity index (χ0n) is 11.1. The minimum Gasteiger partial charge on any atom is -0.476 e. The van der Waals surface area contributed by atoms with Gasteiger partial charge in [-0.05, 0) is 17.5 Å². The number of para-hydroxylation sites is 1. The summed E-state index contributed by atoms with van der Waals surface area (Å²) < 4.78 is 0. The van der Waals surface area contributed by atoms with E-state index in [4.69, 9.17) is 10.2 Å². The predicted molar refractivity (Wildman–Crippen MR) is 73.0 cm³/mol. The van der Waals surface area contributed by atoms with Gasteiger partial charge in [0.2, 0.25) is 11.6 Å². The van der Waals surface area contributed by atoms with Gasteiger partial charge in [0, 0.05) is 18.1 Å². The molecule has 7 heteroatoms. The van der Waals surface area contributed by atoms with Gasteiger partial charge in [-0.3, -0.25) is 9.59 Å². The highest BCUT2D eigenvalue weighted by Gasteiger charge is 2.13. The van der Waals surface area contributed by atoms with Gasteiger partial charge in [0.25, 0.3) is 0 Å². The third-order valence-electron chi connectivity index (χ3n) is 2.48. The lowest BCUT2D eigenvalue weighted by Crippen LogP contribution is -2.15. The van der Waals surface area contributed by atoms with E-state index in [-0.39, 0.29) is 6.42 Å². The van der Waals surface area contributed by atoms with Gasteiger partial charge < -0.3 is 15.2 Å². The predicted octanol–water partition coefficient (Wildman–Crippen LogP) is 1.02. The van der Waals surface area contributed by atoms with Crippen LogP contribution in [0.1, 0.15) is 12.6 Å². The molecule has 0 aliphatic heterocycles. The Hall–Kier alpha value is -2.96. The zero-order chi connectivity index (χ0) is 16.0. The molecule has 0 unspecified atom stereocenters. The molecule has 2 aromatic rings. The van der Waals surface area contributed by atoms with E-state index < -0.39 is 23.5 Å². The largest absolute Gasteiger partial charge is 0.476 e. The monoisotopic (exact) mass is 291 g/mol. The summed E-state index contributed by atoms with van der Waals surface area (Å²) in [7, 11) is 0. The number of carboxylic acids is 2. The second-order valence-corrected chi connectivity index (χ2v) is 4.15. The van der Waals surface area contributed by atoms with Crippen LogP contribution >= 0.6 is 0 Å². The molecular formula is C14H13NO6. The number of ketones is 2. The third kappa shape index (κ3) is 4.90. The molecule has 0 bridgehead atoms. The molecule has 1 aromatic heterocycles. The highest BCUT2D eigenvalue weighted by molar-refractivity contribution is 6.33. The van der Waals surface area contributed by atoms with Gasteiger partial charge in [0.05, 0.1) is 6.42 Å². The molecule has 0 aliphatic rings. The molecule has 0 amide bonds. The van der Waals surface area contributed by atoms with E-state index in [1.165, 1.54) is 0 Å². The number of aromatic amines is 1. The van der Waals surface area contributed by atoms with Crippen LogP contribution in [-0.4, -0.2) is 38.7 Å². The Morgan fingerprint density at radius 2 is 1.62 bits per heavy atom. The van der Waals surface area contributed by atoms with Crippen LogP contribution in [0.2, 0.25) is 0 Å². The molecule has 0 aliphatic carbocycles. The highest BCUT2D eigenvalue weighted by atomic mass is 16.4. The van der Waals surface area contributed by atoms with Crippen LogP contribution in [0.3, 0.4) is 0 Å². The average Bonchev–Trinajstić information content (AvgIpc) is 2.81. The van der Waals surface area contributed by atoms with Crippen LogP contribution < -0.4 is 0 Å². The van der Waals surface area contributed by atoms with Gasteiger partial charge in [-0.2, -0.15) is 0 Å². The fourth-order valence-electron chi connectivity index (χ4n) is 1.48. The van der Waals surface area contributed by atoms with Crippen molar-refractivity contribution in [3.05, 3.63) is 36.0 Å². The summed E-state index contributed by atoms with van der Waals surface area (Å²) in [5, 5.41) is 17.1. The first kappa shape index (κ1) is 16.1. The molecule has 0 saturated carbocycles. The quantitative estimate of drug-likeness (QED) is 0.722. The third-order valence-corrected chi connectivity index (χ3v) is 2.48. The number of nitrogens with one attached hydrogen (secondary N) is 1. The first-order chi connectivity index (χ1) is 9.81. The van der Waals surface area contributed by atoms with Crippen molar-refractivity contribution in [3.8, 4) is 0 Å². The molecule has 0 spiro atoms. The first-order valence-electron chi connectivity index (χ1n) is 5.88. The summed E-state index contributed by atoms with van der Waals surface area (Å²) in [6.45, 7) is 1.00. The Balaban J connectivity index is 0.000000315. The van der Waals surface area contributed by atoms with E-state index in [1.54, 1.807) is 6.07 Å². The van der Waals surface area contributed by atoms with Gasteiger partial charge in [0.15, 0.2) is 0 Å². The van der Waals surface area contributed by atoms with Crippen molar-refractivity contribution in [1.29, 1.82) is 0 Å². The summed E-state index contributed by atoms with van der Waals surface area (Å²) in [6.07, 6.45) is -0.0932. The van der Waals surface area contributed by atoms with Crippen molar-refractivity contribution in [1.82, 2.24) is 4.98 Å². The van der Waals surface area contributed by atoms with Crippen LogP contribution in [-0.2, 0) is 25.6 Å². The van der Waals surface area contributed by atoms with Crippen LogP contribution in [0.15, 0.2) is 30.3 Å². The molecule has 7 nitrogen and oxygen atoms in total. The number of benzene rings is 1. The van der Waals surface area contributed by atoms with Crippen molar-refractivity contribution in [2.75, 3.05) is 0 Å². The highest BCUT2D eigenvalue weighted by Crippen LogP contribution is 2.14. The number of hydrogen-bond acceptors (Lipinski definition) is 4. The molecule has 2 rings (SSSR count). The van der Waals surface area contributed by atoms with Gasteiger partial charge in [-0.1, -0.05) is 18.2 Å². The Labute approximate surface area is 119 Å². The molecule has 1 heterocycles. The molecule has 0 atom stereocenters. The lowest BCUT2D eigenvalue weighted by atomic mass is 10.2. The second kappa shape index (κ2) is 6.99. The van der Waals surface area contributed by atoms with Crippen molar-refractivity contribution in [2.45, 2.75) is 13.3 Å². The van der Waals surface area contributed by atoms with E-state index in [2.05, 4.69) is 4.98 Å². The van der Waals surface area contributed by atoms with Crippen LogP contribution in [0, 0.1) is 0 Å². The summed E-state index contributed by atoms with van der Waals surface area (Å²) in [5.74, 6) is -4.40. The Bertz CT molecular complexity index is 655. The maximum atomic E-state index is 11.0. The fourth-order valence-corrected chi connectivity index (χ4v) is 1.48. The van der Waals surface area contributed by atoms with Gasteiger partial charge in [0.1, 0.15) is 0 Å². The molecule has 3 N–H and O–H groups in total. The topological polar surface area (TPSA) is 125 Å². The number of H-pyrrole nitrogens is 1. The van der Waals surface area contributed by atoms with Crippen LogP contribution in [0.25, 0.3) is 10.9 Å². The van der Waals surface area contributed by atoms with Crippen molar-refractivity contribution >= 4 is 34.4 Å². The number of aliphatic carboxylic acids is 2. The Morgan fingerprint density at radius 3 is 2.10 bits per heavy atom. The maximum Gasteiger partial charge on any atom is 0.372 e. The van der Waals surface area contributed by atoms with Gasteiger partial charge in [-0.15, -0.1) is 0 Å². The molecule has 0 saturated heterocycles. The number of aromatic nitrogens is 1. The van der Waals surface area contributed by atoms with E-state index in [1.807, 2.05) is 24.3 Å². The fraction of sp³-hybridized carbons (Fsp3) is 0.143. The Morgan fingerprint density at radius 1 is 1.05 bits per heavy atom. The van der Waals surface area contributed by atoms with Crippen LogP contribution in [0.4, 0.5) is 0 Å². The van der Waals surface area contributed by atoms with E-state index in [0.717, 1.165) is 17.8 Å². The van der Waals surface area contributed by atoms with Crippen molar-refractivity contribution in [2.24, 2.45) is 0 Å². The lowest BCUT2D eigenvalue weighted by molar-refractivity contribution is -0.148. The number of Topliss-reactive ketones (excluding diaryl/α,β-unsaturated/α-hetero) is 2.